The van der Waals surface area contributed by atoms with Gasteiger partial charge in [0, 0.05) is 9.77 Å². The van der Waals surface area contributed by atoms with Crippen molar-refractivity contribution < 1.29 is 0 Å². The molecule has 2 aromatic heterocycles. The maximum atomic E-state index is 4.21. The van der Waals surface area contributed by atoms with Gasteiger partial charge < -0.3 is 0 Å². The Morgan fingerprint density at radius 1 is 1.38 bits per heavy atom. The molecule has 1 N–H and O–H groups in total. The Hall–Kier alpha value is -0.980. The highest BCUT2D eigenvalue weighted by atomic mass is 127. The third-order valence-electron chi connectivity index (χ3n) is 1.55. The highest BCUT2D eigenvalue weighted by molar-refractivity contribution is 14.1. The van der Waals surface area contributed by atoms with Gasteiger partial charge in [-0.2, -0.15) is 5.10 Å². The van der Waals surface area contributed by atoms with E-state index in [0.29, 0.717) is 5.82 Å². The fraction of sp³-hybridized carbons (Fsp3) is 0.125. The number of nitrogens with one attached hydrogen (secondary N) is 1. The number of aryl methyl sites for hydroxylation is 1. The standard InChI is InChI=1S/C8H7IN4/c1-5-11-8(13-12-5)7-3-2-6(9)4-10-7/h2-4H,1H3,(H,11,12,13). The maximum absolute atomic E-state index is 4.21. The third-order valence-corrected chi connectivity index (χ3v) is 2.19. The van der Waals surface area contributed by atoms with E-state index in [-0.39, 0.29) is 0 Å². The van der Waals surface area contributed by atoms with Crippen molar-refractivity contribution in [3.8, 4) is 11.5 Å². The van der Waals surface area contributed by atoms with Crippen LogP contribution in [0.3, 0.4) is 0 Å². The number of hydrogen-bond donors (Lipinski definition) is 1. The van der Waals surface area contributed by atoms with Crippen LogP contribution in [-0.4, -0.2) is 20.2 Å². The Kier molecular flexibility index (Phi) is 2.26. The van der Waals surface area contributed by atoms with E-state index in [9.17, 15) is 0 Å². The van der Waals surface area contributed by atoms with E-state index in [0.717, 1.165) is 15.1 Å². The SMILES string of the molecule is Cc1nc(-c2ccc(I)cn2)n[nH]1. The molecule has 0 unspecified atom stereocenters. The summed E-state index contributed by atoms with van der Waals surface area (Å²) >= 11 is 2.21. The molecule has 0 aliphatic heterocycles. The van der Waals surface area contributed by atoms with Gasteiger partial charge in [0.05, 0.1) is 0 Å². The smallest absolute Gasteiger partial charge is 0.199 e. The fourth-order valence-electron chi connectivity index (χ4n) is 0.965. The predicted molar refractivity (Wildman–Crippen MR) is 57.1 cm³/mol. The molecule has 2 aromatic rings. The molecule has 0 fully saturated rings. The monoisotopic (exact) mass is 286 g/mol. The first-order valence-electron chi connectivity index (χ1n) is 3.76. The van der Waals surface area contributed by atoms with Crippen LogP contribution < -0.4 is 0 Å². The zero-order chi connectivity index (χ0) is 9.26. The zero-order valence-corrected chi connectivity index (χ0v) is 9.11. The number of hydrogen-bond acceptors (Lipinski definition) is 3. The number of rotatable bonds is 1. The first-order chi connectivity index (χ1) is 6.25. The van der Waals surface area contributed by atoms with Gasteiger partial charge in [0.1, 0.15) is 11.5 Å². The van der Waals surface area contributed by atoms with E-state index in [1.54, 1.807) is 6.20 Å². The molecule has 0 saturated carbocycles. The summed E-state index contributed by atoms with van der Waals surface area (Å²) in [5.74, 6) is 1.45. The highest BCUT2D eigenvalue weighted by Gasteiger charge is 2.03. The van der Waals surface area contributed by atoms with E-state index in [2.05, 4.69) is 42.8 Å². The summed E-state index contributed by atoms with van der Waals surface area (Å²) in [6.45, 7) is 1.86. The molecule has 0 spiro atoms. The summed E-state index contributed by atoms with van der Waals surface area (Å²) in [7, 11) is 0. The van der Waals surface area contributed by atoms with Gasteiger partial charge in [0.25, 0.3) is 0 Å². The largest absolute Gasteiger partial charge is 0.263 e. The molecular weight excluding hydrogens is 279 g/mol. The van der Waals surface area contributed by atoms with Crippen LogP contribution in [-0.2, 0) is 0 Å². The summed E-state index contributed by atoms with van der Waals surface area (Å²) in [5.41, 5.74) is 0.796. The predicted octanol–water partition coefficient (Wildman–Crippen LogP) is 1.78. The average Bonchev–Trinajstić information content (AvgIpc) is 2.53. The maximum Gasteiger partial charge on any atom is 0.199 e. The number of H-pyrrole nitrogens is 1. The second-order valence-corrected chi connectivity index (χ2v) is 3.85. The quantitative estimate of drug-likeness (QED) is 0.813. The molecule has 66 valence electrons. The van der Waals surface area contributed by atoms with Crippen molar-refractivity contribution in [1.82, 2.24) is 20.2 Å². The molecular formula is C8H7IN4. The van der Waals surface area contributed by atoms with Crippen LogP contribution >= 0.6 is 22.6 Å². The Morgan fingerprint density at radius 3 is 2.77 bits per heavy atom. The third kappa shape index (κ3) is 1.85. The molecule has 0 radical (unpaired) electrons. The minimum atomic E-state index is 0.647. The van der Waals surface area contributed by atoms with Crippen molar-refractivity contribution in [2.45, 2.75) is 6.92 Å². The number of nitrogens with zero attached hydrogens (tertiary/aromatic N) is 3. The normalized spacial score (nSPS) is 10.3. The minimum absolute atomic E-state index is 0.647. The van der Waals surface area contributed by atoms with E-state index in [1.807, 2.05) is 19.1 Å². The van der Waals surface area contributed by atoms with Gasteiger partial charge in [-0.05, 0) is 41.6 Å². The van der Waals surface area contributed by atoms with Crippen molar-refractivity contribution in [2.24, 2.45) is 0 Å². The summed E-state index contributed by atoms with van der Waals surface area (Å²) in [4.78, 5) is 8.39. The van der Waals surface area contributed by atoms with Crippen molar-refractivity contribution in [3.05, 3.63) is 27.7 Å². The molecule has 0 bridgehead atoms. The molecule has 0 aliphatic carbocycles. The summed E-state index contributed by atoms with van der Waals surface area (Å²) in [6.07, 6.45) is 1.79. The first-order valence-corrected chi connectivity index (χ1v) is 4.84. The lowest BCUT2D eigenvalue weighted by molar-refractivity contribution is 1.04. The van der Waals surface area contributed by atoms with Gasteiger partial charge in [0.15, 0.2) is 5.82 Å². The topological polar surface area (TPSA) is 54.5 Å². The van der Waals surface area contributed by atoms with Gasteiger partial charge in [0.2, 0.25) is 0 Å². The van der Waals surface area contributed by atoms with Gasteiger partial charge in [-0.3, -0.25) is 10.1 Å². The number of aromatic amines is 1. The molecule has 13 heavy (non-hydrogen) atoms. The highest BCUT2D eigenvalue weighted by Crippen LogP contribution is 2.12. The van der Waals surface area contributed by atoms with E-state index >= 15 is 0 Å². The Bertz CT molecular complexity index is 406. The summed E-state index contributed by atoms with van der Waals surface area (Å²) < 4.78 is 1.11. The lowest BCUT2D eigenvalue weighted by Gasteiger charge is -1.92. The van der Waals surface area contributed by atoms with Crippen molar-refractivity contribution >= 4 is 22.6 Å². The second-order valence-electron chi connectivity index (χ2n) is 2.61. The molecule has 5 heteroatoms. The molecule has 0 atom stereocenters. The van der Waals surface area contributed by atoms with Gasteiger partial charge >= 0.3 is 0 Å². The van der Waals surface area contributed by atoms with Gasteiger partial charge in [-0.15, -0.1) is 0 Å². The van der Waals surface area contributed by atoms with Crippen LogP contribution in [0.25, 0.3) is 11.5 Å². The lowest BCUT2D eigenvalue weighted by Crippen LogP contribution is -1.85. The van der Waals surface area contributed by atoms with Crippen molar-refractivity contribution in [1.29, 1.82) is 0 Å². The lowest BCUT2D eigenvalue weighted by atomic mass is 10.3. The second kappa shape index (κ2) is 3.41. The Morgan fingerprint density at radius 2 is 2.23 bits per heavy atom. The van der Waals surface area contributed by atoms with Gasteiger partial charge in [-0.1, -0.05) is 0 Å². The number of halogens is 1. The van der Waals surface area contributed by atoms with Crippen LogP contribution in [0.1, 0.15) is 5.82 Å². The summed E-state index contributed by atoms with van der Waals surface area (Å²) in [5, 5.41) is 6.79. The first kappa shape index (κ1) is 8.61. The van der Waals surface area contributed by atoms with Crippen LogP contribution in [0.2, 0.25) is 0 Å². The molecule has 2 rings (SSSR count). The van der Waals surface area contributed by atoms with E-state index in [4.69, 9.17) is 0 Å². The molecule has 0 aliphatic rings. The van der Waals surface area contributed by atoms with Crippen molar-refractivity contribution in [3.63, 3.8) is 0 Å². The van der Waals surface area contributed by atoms with E-state index < -0.39 is 0 Å². The average molecular weight is 286 g/mol. The van der Waals surface area contributed by atoms with Crippen molar-refractivity contribution in [2.75, 3.05) is 0 Å². The number of aromatic nitrogens is 4. The molecule has 0 saturated heterocycles. The van der Waals surface area contributed by atoms with Gasteiger partial charge in [-0.25, -0.2) is 4.98 Å². The zero-order valence-electron chi connectivity index (χ0n) is 6.95. The number of pyridine rings is 1. The Balaban J connectivity index is 2.41. The molecule has 0 aromatic carbocycles. The molecule has 2 heterocycles. The van der Waals surface area contributed by atoms with Crippen LogP contribution in [0, 0.1) is 10.5 Å². The van der Waals surface area contributed by atoms with E-state index in [1.165, 1.54) is 0 Å². The Labute approximate surface area is 89.0 Å². The van der Waals surface area contributed by atoms with Crippen LogP contribution in [0.15, 0.2) is 18.3 Å². The molecule has 4 nitrogen and oxygen atoms in total. The van der Waals surface area contributed by atoms with Crippen LogP contribution in [0.5, 0.6) is 0 Å². The summed E-state index contributed by atoms with van der Waals surface area (Å²) in [6, 6.07) is 3.89. The minimum Gasteiger partial charge on any atom is -0.263 e. The molecule has 0 amide bonds. The fourth-order valence-corrected chi connectivity index (χ4v) is 1.28. The van der Waals surface area contributed by atoms with Crippen LogP contribution in [0.4, 0.5) is 0 Å².